The van der Waals surface area contributed by atoms with Crippen LogP contribution in [0.5, 0.6) is 0 Å². The second kappa shape index (κ2) is 22.0. The molecule has 0 aromatic rings. The summed E-state index contributed by atoms with van der Waals surface area (Å²) in [5.74, 6) is -0.161. The van der Waals surface area contributed by atoms with Crippen molar-refractivity contribution < 1.29 is 29.2 Å². The number of hydrogen-bond acceptors (Lipinski definition) is 6. The van der Waals surface area contributed by atoms with Gasteiger partial charge in [0.2, 0.25) is 0 Å². The van der Waals surface area contributed by atoms with Gasteiger partial charge in [0.05, 0.1) is 12.7 Å². The van der Waals surface area contributed by atoms with E-state index in [-0.39, 0.29) is 12.1 Å². The fourth-order valence-electron chi connectivity index (χ4n) is 3.35. The van der Waals surface area contributed by atoms with Gasteiger partial charge in [-0.1, -0.05) is 44.9 Å². The summed E-state index contributed by atoms with van der Waals surface area (Å²) in [4.78, 5) is 11.4. The molecule has 0 amide bonds. The Hall–Kier alpha value is -0.690. The van der Waals surface area contributed by atoms with Crippen molar-refractivity contribution in [2.45, 2.75) is 116 Å². The van der Waals surface area contributed by atoms with Crippen LogP contribution in [0.15, 0.2) is 0 Å². The van der Waals surface area contributed by atoms with Crippen molar-refractivity contribution >= 4 is 5.97 Å². The highest BCUT2D eigenvalue weighted by molar-refractivity contribution is 5.69. The topological polar surface area (TPSA) is 85.2 Å². The molecule has 6 nitrogen and oxygen atoms in total. The Morgan fingerprint density at radius 2 is 1.38 bits per heavy atom. The van der Waals surface area contributed by atoms with Crippen LogP contribution in [0.3, 0.4) is 0 Å². The monoisotopic (exact) mass is 418 g/mol. The first kappa shape index (κ1) is 28.3. The summed E-state index contributed by atoms with van der Waals surface area (Å²) in [6, 6.07) is 0. The predicted molar refractivity (Wildman–Crippen MR) is 116 cm³/mol. The molecule has 0 spiro atoms. The first-order valence-corrected chi connectivity index (χ1v) is 11.8. The fourth-order valence-corrected chi connectivity index (χ4v) is 3.35. The van der Waals surface area contributed by atoms with E-state index in [4.69, 9.17) is 19.3 Å². The Bertz CT molecular complexity index is 350. The number of carbonyl (C=O) groups excluding carboxylic acids is 1. The molecule has 0 aliphatic carbocycles. The summed E-state index contributed by atoms with van der Waals surface area (Å²) in [6.45, 7) is 5.52. The molecule has 0 aliphatic rings. The lowest BCUT2D eigenvalue weighted by Gasteiger charge is -2.19. The van der Waals surface area contributed by atoms with E-state index in [2.05, 4.69) is 0 Å². The molecule has 0 aliphatic heterocycles. The molecule has 2 unspecified atom stereocenters. The predicted octanol–water partition coefficient (Wildman–Crippen LogP) is 4.74. The highest BCUT2D eigenvalue weighted by Gasteiger charge is 2.12. The minimum atomic E-state index is -0.685. The summed E-state index contributed by atoms with van der Waals surface area (Å²) in [5.41, 5.74) is 0. The molecule has 0 saturated carbocycles. The van der Waals surface area contributed by atoms with Gasteiger partial charge < -0.3 is 24.4 Å². The number of aliphatic hydroxyl groups excluding tert-OH is 2. The fraction of sp³-hybridized carbons (Fsp3) is 0.957. The van der Waals surface area contributed by atoms with E-state index in [1.807, 2.05) is 13.8 Å². The number of aliphatic hydroxyl groups is 2. The van der Waals surface area contributed by atoms with Crippen LogP contribution in [0.25, 0.3) is 0 Å². The summed E-state index contributed by atoms with van der Waals surface area (Å²) < 4.78 is 16.2. The van der Waals surface area contributed by atoms with Crippen LogP contribution in [-0.4, -0.2) is 55.0 Å². The van der Waals surface area contributed by atoms with Crippen LogP contribution in [0, 0.1) is 0 Å². The lowest BCUT2D eigenvalue weighted by molar-refractivity contribution is -0.143. The van der Waals surface area contributed by atoms with E-state index in [0.717, 1.165) is 38.5 Å². The van der Waals surface area contributed by atoms with Crippen molar-refractivity contribution in [3.05, 3.63) is 0 Å². The molecular weight excluding hydrogens is 372 g/mol. The average molecular weight is 419 g/mol. The molecule has 2 N–H and O–H groups in total. The zero-order chi connectivity index (χ0) is 21.6. The van der Waals surface area contributed by atoms with E-state index in [1.54, 1.807) is 0 Å². The van der Waals surface area contributed by atoms with Gasteiger partial charge in [0.15, 0.2) is 6.29 Å². The standard InChI is InChI=1S/C23H46O6/c1-3-27-22(25)17-13-16-21(29-20-14-18-23(26)28-4-2)15-11-9-7-5-6-8-10-12-19-24/h21-22,24-25H,3-20H2,1-2H3. The summed E-state index contributed by atoms with van der Waals surface area (Å²) >= 11 is 0. The number of unbranched alkanes of at least 4 members (excludes halogenated alkanes) is 7. The lowest BCUT2D eigenvalue weighted by Crippen LogP contribution is -2.17. The molecule has 174 valence electrons. The molecule has 6 heteroatoms. The summed E-state index contributed by atoms with van der Waals surface area (Å²) in [6.07, 6.45) is 13.4. The molecule has 0 heterocycles. The van der Waals surface area contributed by atoms with Gasteiger partial charge in [-0.3, -0.25) is 4.79 Å². The smallest absolute Gasteiger partial charge is 0.305 e. The van der Waals surface area contributed by atoms with E-state index >= 15 is 0 Å². The number of hydrogen-bond donors (Lipinski definition) is 2. The SMILES string of the molecule is CCOC(=O)CCCOC(CCCCCCCCCCO)CCCC(O)OCC. The van der Waals surface area contributed by atoms with Crippen molar-refractivity contribution in [1.82, 2.24) is 0 Å². The molecule has 0 rings (SSSR count). The number of rotatable bonds is 22. The van der Waals surface area contributed by atoms with Gasteiger partial charge in [0.25, 0.3) is 0 Å². The normalized spacial score (nSPS) is 13.4. The third kappa shape index (κ3) is 20.4. The molecule has 0 fully saturated rings. The van der Waals surface area contributed by atoms with Crippen LogP contribution >= 0.6 is 0 Å². The molecule has 0 aromatic heterocycles. The molecule has 29 heavy (non-hydrogen) atoms. The van der Waals surface area contributed by atoms with Crippen LogP contribution in [-0.2, 0) is 19.0 Å². The van der Waals surface area contributed by atoms with E-state index in [1.165, 1.54) is 32.1 Å². The summed E-state index contributed by atoms with van der Waals surface area (Å²) in [7, 11) is 0. The Morgan fingerprint density at radius 1 is 0.759 bits per heavy atom. The molecule has 0 aromatic carbocycles. The molecule has 0 saturated heterocycles. The zero-order valence-electron chi connectivity index (χ0n) is 18.9. The maximum Gasteiger partial charge on any atom is 0.305 e. The quantitative estimate of drug-likeness (QED) is 0.150. The third-order valence-electron chi connectivity index (χ3n) is 4.95. The Labute approximate surface area is 178 Å². The average Bonchev–Trinajstić information content (AvgIpc) is 2.69. The third-order valence-corrected chi connectivity index (χ3v) is 4.95. The second-order valence-electron chi connectivity index (χ2n) is 7.58. The summed E-state index contributed by atoms with van der Waals surface area (Å²) in [5, 5.41) is 18.5. The zero-order valence-corrected chi connectivity index (χ0v) is 18.9. The van der Waals surface area contributed by atoms with Crippen LogP contribution in [0.1, 0.15) is 104 Å². The minimum Gasteiger partial charge on any atom is -0.466 e. The maximum atomic E-state index is 11.4. The van der Waals surface area contributed by atoms with Gasteiger partial charge in [-0.2, -0.15) is 0 Å². The molecule has 0 bridgehead atoms. The second-order valence-corrected chi connectivity index (χ2v) is 7.58. The van der Waals surface area contributed by atoms with Gasteiger partial charge >= 0.3 is 5.97 Å². The van der Waals surface area contributed by atoms with Crippen molar-refractivity contribution in [3.63, 3.8) is 0 Å². The minimum absolute atomic E-state index is 0.161. The van der Waals surface area contributed by atoms with Crippen molar-refractivity contribution in [3.8, 4) is 0 Å². The van der Waals surface area contributed by atoms with Crippen LogP contribution in [0.2, 0.25) is 0 Å². The lowest BCUT2D eigenvalue weighted by atomic mass is 10.0. The van der Waals surface area contributed by atoms with Gasteiger partial charge in [0.1, 0.15) is 0 Å². The number of ether oxygens (including phenoxy) is 3. The van der Waals surface area contributed by atoms with Gasteiger partial charge in [-0.05, 0) is 52.4 Å². The van der Waals surface area contributed by atoms with E-state index in [9.17, 15) is 9.90 Å². The maximum absolute atomic E-state index is 11.4. The van der Waals surface area contributed by atoms with Crippen molar-refractivity contribution in [2.75, 3.05) is 26.4 Å². The highest BCUT2D eigenvalue weighted by Crippen LogP contribution is 2.17. The Balaban J connectivity index is 3.96. The molecule has 2 atom stereocenters. The van der Waals surface area contributed by atoms with Crippen molar-refractivity contribution in [2.24, 2.45) is 0 Å². The molecule has 0 radical (unpaired) electrons. The van der Waals surface area contributed by atoms with Gasteiger partial charge in [0, 0.05) is 26.2 Å². The van der Waals surface area contributed by atoms with E-state index < -0.39 is 6.29 Å². The Kier molecular flexibility index (Phi) is 21.5. The number of esters is 1. The van der Waals surface area contributed by atoms with Crippen LogP contribution < -0.4 is 0 Å². The first-order valence-electron chi connectivity index (χ1n) is 11.8. The largest absolute Gasteiger partial charge is 0.466 e. The molecular formula is C23H46O6. The Morgan fingerprint density at radius 3 is 2.00 bits per heavy atom. The van der Waals surface area contributed by atoms with Gasteiger partial charge in [-0.25, -0.2) is 0 Å². The highest BCUT2D eigenvalue weighted by atomic mass is 16.6. The van der Waals surface area contributed by atoms with Crippen LogP contribution in [0.4, 0.5) is 0 Å². The van der Waals surface area contributed by atoms with E-state index in [0.29, 0.717) is 45.7 Å². The first-order chi connectivity index (χ1) is 14.1. The van der Waals surface area contributed by atoms with Crippen molar-refractivity contribution in [1.29, 1.82) is 0 Å². The van der Waals surface area contributed by atoms with Gasteiger partial charge in [-0.15, -0.1) is 0 Å². The number of carbonyl (C=O) groups is 1.